The number of alkyl halides is 1. The van der Waals surface area contributed by atoms with Crippen molar-refractivity contribution in [3.8, 4) is 0 Å². The summed E-state index contributed by atoms with van der Waals surface area (Å²) in [6, 6.07) is 8.07. The number of aromatic nitrogens is 2. The maximum atomic E-state index is 4.51. The largest absolute Gasteiger partial charge is 0.421 e. The first-order valence-corrected chi connectivity index (χ1v) is 11.5. The van der Waals surface area contributed by atoms with E-state index in [1.54, 1.807) is 0 Å². The minimum absolute atomic E-state index is 0.856. The summed E-state index contributed by atoms with van der Waals surface area (Å²) in [5, 5.41) is 8.93. The van der Waals surface area contributed by atoms with Gasteiger partial charge in [-0.1, -0.05) is 34.9 Å². The normalized spacial score (nSPS) is 10.1. The van der Waals surface area contributed by atoms with E-state index < -0.39 is 0 Å². The molecule has 0 atom stereocenters. The van der Waals surface area contributed by atoms with Gasteiger partial charge in [-0.2, -0.15) is 0 Å². The van der Waals surface area contributed by atoms with Crippen LogP contribution in [0, 0.1) is 0 Å². The van der Waals surface area contributed by atoms with Gasteiger partial charge >= 0.3 is 5.95 Å². The molecule has 0 aliphatic heterocycles. The lowest BCUT2D eigenvalue weighted by Gasteiger charge is -2.11. The monoisotopic (exact) mass is 456 g/mol. The lowest BCUT2D eigenvalue weighted by Crippen LogP contribution is -2.51. The van der Waals surface area contributed by atoms with Crippen LogP contribution in [-0.4, -0.2) is 37.6 Å². The fraction of sp³-hybridized carbons (Fsp3) is 0.550. The second-order valence-electron chi connectivity index (χ2n) is 6.01. The number of nitrogens with zero attached hydrogens (tertiary/aromatic N) is 5. The van der Waals surface area contributed by atoms with Crippen LogP contribution in [0.1, 0.15) is 26.7 Å². The first-order chi connectivity index (χ1) is 13.7. The SMILES string of the molecule is CBr.CC.CN(C)c1ccc(N=Nc2n(CCC[NH3+])cc[n+]2CCC[NH3+])cc1. The molecule has 0 bridgehead atoms. The van der Waals surface area contributed by atoms with E-state index in [4.69, 9.17) is 0 Å². The summed E-state index contributed by atoms with van der Waals surface area (Å²) >= 11 is 2.94. The number of hydrogen-bond acceptors (Lipinski definition) is 3. The van der Waals surface area contributed by atoms with E-state index in [0.29, 0.717) is 0 Å². The highest BCUT2D eigenvalue weighted by molar-refractivity contribution is 9.08. The van der Waals surface area contributed by atoms with Gasteiger partial charge in [-0.05, 0) is 30.1 Å². The maximum Gasteiger partial charge on any atom is 0.421 e. The van der Waals surface area contributed by atoms with Gasteiger partial charge in [0, 0.05) is 37.7 Å². The molecular formula is C20H39BrN7+3. The average molecular weight is 457 g/mol. The molecule has 2 rings (SSSR count). The van der Waals surface area contributed by atoms with Crippen LogP contribution in [0.25, 0.3) is 0 Å². The molecule has 8 heteroatoms. The van der Waals surface area contributed by atoms with E-state index in [2.05, 4.69) is 64.1 Å². The Bertz CT molecular complexity index is 626. The van der Waals surface area contributed by atoms with Crippen LogP contribution in [0.5, 0.6) is 0 Å². The van der Waals surface area contributed by atoms with Gasteiger partial charge in [-0.3, -0.25) is 0 Å². The smallest absolute Gasteiger partial charge is 0.378 e. The van der Waals surface area contributed by atoms with Crippen molar-refractivity contribution in [2.45, 2.75) is 39.8 Å². The average Bonchev–Trinajstić information content (AvgIpc) is 3.13. The van der Waals surface area contributed by atoms with E-state index in [9.17, 15) is 0 Å². The maximum absolute atomic E-state index is 4.51. The third kappa shape index (κ3) is 8.95. The van der Waals surface area contributed by atoms with Gasteiger partial charge < -0.3 is 16.4 Å². The summed E-state index contributed by atoms with van der Waals surface area (Å²) in [5.41, 5.74) is 9.84. The van der Waals surface area contributed by atoms with Gasteiger partial charge in [0.2, 0.25) is 0 Å². The third-order valence-electron chi connectivity index (χ3n) is 3.86. The molecule has 1 aromatic carbocycles. The number of hydrogen-bond donors (Lipinski definition) is 2. The molecule has 0 unspecified atom stereocenters. The summed E-state index contributed by atoms with van der Waals surface area (Å²) in [5.74, 6) is 2.70. The number of imidazole rings is 1. The van der Waals surface area contributed by atoms with Crippen molar-refractivity contribution in [1.82, 2.24) is 4.57 Å². The highest BCUT2D eigenvalue weighted by atomic mass is 79.9. The summed E-state index contributed by atoms with van der Waals surface area (Å²) in [7, 11) is 4.05. The molecule has 2 aromatic rings. The molecule has 0 fully saturated rings. The van der Waals surface area contributed by atoms with Crippen LogP contribution in [-0.2, 0) is 13.1 Å². The van der Waals surface area contributed by atoms with Crippen molar-refractivity contribution in [3.63, 3.8) is 0 Å². The molecule has 6 N–H and O–H groups in total. The van der Waals surface area contributed by atoms with E-state index in [1.165, 1.54) is 0 Å². The predicted molar refractivity (Wildman–Crippen MR) is 121 cm³/mol. The van der Waals surface area contributed by atoms with Crippen LogP contribution >= 0.6 is 15.9 Å². The van der Waals surface area contributed by atoms with E-state index in [0.717, 1.165) is 56.3 Å². The molecule has 158 valence electrons. The molecule has 0 amide bonds. The van der Waals surface area contributed by atoms with Crippen molar-refractivity contribution < 1.29 is 16.0 Å². The Hall–Kier alpha value is -1.77. The molecule has 0 radical (unpaired) electrons. The molecule has 0 saturated heterocycles. The zero-order valence-corrected chi connectivity index (χ0v) is 19.8. The Morgan fingerprint density at radius 3 is 2.14 bits per heavy atom. The number of aryl methyl sites for hydroxylation is 2. The number of rotatable bonds is 9. The zero-order valence-electron chi connectivity index (χ0n) is 18.2. The van der Waals surface area contributed by atoms with Crippen molar-refractivity contribution in [2.75, 3.05) is 37.9 Å². The summed E-state index contributed by atoms with van der Waals surface area (Å²) in [4.78, 5) is 2.07. The Morgan fingerprint density at radius 1 is 1.00 bits per heavy atom. The highest BCUT2D eigenvalue weighted by Crippen LogP contribution is 2.20. The minimum atomic E-state index is 0.856. The Balaban J connectivity index is 0.00000171. The standard InChI is InChI=1S/C17H28N7.C2H6.CH3Br/c1-22(2)16-7-5-15(6-8-16)20-21-17-23(11-3-9-18)13-14-24(17)12-4-10-19;2*1-2/h5-8,13-14H,3-4,9-12,18-19H2,1-2H3;1-2H3;1H3/q+1;;/p+2. The Kier molecular flexibility index (Phi) is 15.2. The Labute approximate surface area is 178 Å². The van der Waals surface area contributed by atoms with Gasteiger partial charge in [0.05, 0.1) is 38.6 Å². The second-order valence-corrected chi connectivity index (χ2v) is 6.01. The van der Waals surface area contributed by atoms with Crippen LogP contribution in [0.15, 0.2) is 46.9 Å². The van der Waals surface area contributed by atoms with E-state index >= 15 is 0 Å². The van der Waals surface area contributed by atoms with Gasteiger partial charge in [0.25, 0.3) is 0 Å². The molecular weight excluding hydrogens is 418 g/mol. The first-order valence-electron chi connectivity index (χ1n) is 9.89. The number of anilines is 1. The zero-order chi connectivity index (χ0) is 21.4. The minimum Gasteiger partial charge on any atom is -0.378 e. The quantitative estimate of drug-likeness (QED) is 0.338. The predicted octanol–water partition coefficient (Wildman–Crippen LogP) is 2.56. The van der Waals surface area contributed by atoms with Gasteiger partial charge in [0.15, 0.2) is 0 Å². The van der Waals surface area contributed by atoms with Crippen molar-refractivity contribution in [3.05, 3.63) is 36.7 Å². The topological polar surface area (TPSA) is 92.0 Å². The molecule has 0 aliphatic rings. The van der Waals surface area contributed by atoms with E-state index in [-0.39, 0.29) is 0 Å². The fourth-order valence-electron chi connectivity index (χ4n) is 2.41. The first kappa shape index (κ1) is 26.2. The molecule has 28 heavy (non-hydrogen) atoms. The highest BCUT2D eigenvalue weighted by Gasteiger charge is 2.17. The van der Waals surface area contributed by atoms with Gasteiger partial charge in [-0.15, -0.1) is 0 Å². The van der Waals surface area contributed by atoms with Crippen molar-refractivity contribution >= 4 is 33.3 Å². The summed E-state index contributed by atoms with van der Waals surface area (Å²) in [6.45, 7) is 7.66. The van der Waals surface area contributed by atoms with E-state index in [1.807, 2.05) is 58.0 Å². The molecule has 0 saturated carbocycles. The number of azo groups is 1. The number of halogens is 1. The molecule has 0 aliphatic carbocycles. The molecule has 1 aromatic heterocycles. The summed E-state index contributed by atoms with van der Waals surface area (Å²) < 4.78 is 4.29. The number of quaternary nitrogens is 2. The van der Waals surface area contributed by atoms with Crippen molar-refractivity contribution in [1.29, 1.82) is 0 Å². The lowest BCUT2D eigenvalue weighted by atomic mass is 10.3. The molecule has 7 nitrogen and oxygen atoms in total. The van der Waals surface area contributed by atoms with Crippen molar-refractivity contribution in [2.24, 2.45) is 10.2 Å². The third-order valence-corrected chi connectivity index (χ3v) is 3.86. The van der Waals surface area contributed by atoms with Crippen LogP contribution in [0.2, 0.25) is 0 Å². The number of benzene rings is 1. The lowest BCUT2D eigenvalue weighted by molar-refractivity contribution is -0.686. The van der Waals surface area contributed by atoms with Gasteiger partial charge in [-0.25, -0.2) is 9.13 Å². The molecule has 1 heterocycles. The fourth-order valence-corrected chi connectivity index (χ4v) is 2.41. The second kappa shape index (κ2) is 16.2. The van der Waals surface area contributed by atoms with Crippen LogP contribution in [0.3, 0.4) is 0 Å². The van der Waals surface area contributed by atoms with Gasteiger partial charge in [0.1, 0.15) is 5.69 Å². The molecule has 0 spiro atoms. The summed E-state index contributed by atoms with van der Waals surface area (Å²) in [6.07, 6.45) is 6.21. The van der Waals surface area contributed by atoms with Crippen LogP contribution < -0.4 is 20.9 Å². The Morgan fingerprint density at radius 2 is 1.61 bits per heavy atom. The van der Waals surface area contributed by atoms with Crippen LogP contribution in [0.4, 0.5) is 17.3 Å².